The molecule has 5 nitrogen and oxygen atoms in total. The van der Waals surface area contributed by atoms with Crippen LogP contribution in [0.4, 0.5) is 0 Å². The number of nitrogens with zero attached hydrogens (tertiary/aromatic N) is 3. The molecule has 1 atom stereocenters. The molecule has 22 heavy (non-hydrogen) atoms. The minimum atomic E-state index is -0.364. The molecule has 3 rings (SSSR count). The van der Waals surface area contributed by atoms with E-state index in [0.717, 1.165) is 48.1 Å². The van der Waals surface area contributed by atoms with Crippen LogP contribution in [-0.2, 0) is 4.74 Å². The van der Waals surface area contributed by atoms with Crippen molar-refractivity contribution in [1.82, 2.24) is 14.9 Å². The molecule has 0 amide bonds. The van der Waals surface area contributed by atoms with E-state index >= 15 is 0 Å². The third-order valence-corrected chi connectivity index (χ3v) is 4.80. The van der Waals surface area contributed by atoms with Crippen molar-refractivity contribution in [2.45, 2.75) is 18.1 Å². The summed E-state index contributed by atoms with van der Waals surface area (Å²) >= 11 is 1.60. The highest BCUT2D eigenvalue weighted by molar-refractivity contribution is 7.99. The van der Waals surface area contributed by atoms with Gasteiger partial charge in [0.05, 0.1) is 24.8 Å². The van der Waals surface area contributed by atoms with E-state index in [1.807, 2.05) is 31.2 Å². The molecule has 2 aromatic rings. The van der Waals surface area contributed by atoms with Gasteiger partial charge in [0.15, 0.2) is 0 Å². The van der Waals surface area contributed by atoms with Crippen molar-refractivity contribution in [2.75, 3.05) is 38.6 Å². The number of hydrogen-bond acceptors (Lipinski definition) is 6. The maximum atomic E-state index is 10.3. The van der Waals surface area contributed by atoms with Gasteiger partial charge in [-0.05, 0) is 13.0 Å². The van der Waals surface area contributed by atoms with Gasteiger partial charge in [0.2, 0.25) is 0 Å². The molecule has 0 aliphatic carbocycles. The summed E-state index contributed by atoms with van der Waals surface area (Å²) in [7, 11) is 0. The first-order valence-electron chi connectivity index (χ1n) is 7.57. The number of hydrogen-bond donors (Lipinski definition) is 1. The minimum absolute atomic E-state index is 0.364. The molecule has 118 valence electrons. The Morgan fingerprint density at radius 2 is 2.05 bits per heavy atom. The van der Waals surface area contributed by atoms with E-state index < -0.39 is 0 Å². The summed E-state index contributed by atoms with van der Waals surface area (Å²) in [6, 6.07) is 8.01. The van der Waals surface area contributed by atoms with Gasteiger partial charge in [-0.3, -0.25) is 4.90 Å². The first-order chi connectivity index (χ1) is 10.7. The lowest BCUT2D eigenvalue weighted by molar-refractivity contribution is 0.0188. The molecule has 0 radical (unpaired) electrons. The molecule has 0 unspecified atom stereocenters. The number of benzene rings is 1. The van der Waals surface area contributed by atoms with Gasteiger partial charge in [-0.2, -0.15) is 0 Å². The summed E-state index contributed by atoms with van der Waals surface area (Å²) in [5.74, 6) is 1.40. The molecule has 0 bridgehead atoms. The van der Waals surface area contributed by atoms with Crippen LogP contribution in [0.3, 0.4) is 0 Å². The van der Waals surface area contributed by atoms with Gasteiger partial charge in [-0.15, -0.1) is 11.8 Å². The average Bonchev–Trinajstić information content (AvgIpc) is 2.53. The van der Waals surface area contributed by atoms with Crippen LogP contribution < -0.4 is 0 Å². The third kappa shape index (κ3) is 3.95. The van der Waals surface area contributed by atoms with Gasteiger partial charge in [0, 0.05) is 30.8 Å². The van der Waals surface area contributed by atoms with Crippen molar-refractivity contribution < 1.29 is 9.84 Å². The molecular formula is C16H21N3O2S. The predicted molar refractivity (Wildman–Crippen MR) is 88.3 cm³/mol. The quantitative estimate of drug-likeness (QED) is 0.669. The molecular weight excluding hydrogens is 298 g/mol. The molecule has 0 spiro atoms. The molecule has 1 aromatic heterocycles. The van der Waals surface area contributed by atoms with Crippen LogP contribution in [0, 0.1) is 6.92 Å². The highest BCUT2D eigenvalue weighted by Gasteiger charge is 2.16. The Morgan fingerprint density at radius 1 is 1.27 bits per heavy atom. The highest BCUT2D eigenvalue weighted by atomic mass is 32.2. The number of aliphatic hydroxyl groups is 1. The van der Waals surface area contributed by atoms with E-state index in [2.05, 4.69) is 14.9 Å². The Bertz CT molecular complexity index is 632. The minimum Gasteiger partial charge on any atom is -0.391 e. The van der Waals surface area contributed by atoms with E-state index in [1.165, 1.54) is 0 Å². The number of fused-ring (bicyclic) bond motifs is 1. The number of rotatable bonds is 5. The van der Waals surface area contributed by atoms with Gasteiger partial charge in [0.25, 0.3) is 0 Å². The molecule has 1 aromatic carbocycles. The zero-order valence-electron chi connectivity index (χ0n) is 12.7. The molecule has 0 saturated carbocycles. The van der Waals surface area contributed by atoms with E-state index in [1.54, 1.807) is 11.8 Å². The zero-order valence-corrected chi connectivity index (χ0v) is 13.6. The van der Waals surface area contributed by atoms with Crippen LogP contribution in [0.5, 0.6) is 0 Å². The van der Waals surface area contributed by atoms with Crippen molar-refractivity contribution in [3.63, 3.8) is 0 Å². The van der Waals surface area contributed by atoms with Crippen LogP contribution in [0.2, 0.25) is 0 Å². The van der Waals surface area contributed by atoms with E-state index in [-0.39, 0.29) is 6.10 Å². The summed E-state index contributed by atoms with van der Waals surface area (Å²) in [5.41, 5.74) is 0.958. The molecule has 1 N–H and O–H groups in total. The smallest absolute Gasteiger partial charge is 0.127 e. The average molecular weight is 319 g/mol. The number of aryl methyl sites for hydroxylation is 1. The van der Waals surface area contributed by atoms with Crippen LogP contribution in [-0.4, -0.2) is 64.7 Å². The van der Waals surface area contributed by atoms with E-state index in [9.17, 15) is 5.11 Å². The number of morpholine rings is 1. The Morgan fingerprint density at radius 3 is 2.86 bits per heavy atom. The number of β-amino-alcohol motifs (C(OH)–C–C–N with tert-alkyl or cyclic N) is 1. The molecule has 1 saturated heterocycles. The zero-order chi connectivity index (χ0) is 15.4. The van der Waals surface area contributed by atoms with E-state index in [4.69, 9.17) is 4.74 Å². The molecule has 1 fully saturated rings. The third-order valence-electron chi connectivity index (χ3n) is 3.67. The van der Waals surface area contributed by atoms with Crippen molar-refractivity contribution in [1.29, 1.82) is 0 Å². The molecule has 1 aliphatic rings. The fourth-order valence-corrected chi connectivity index (χ4v) is 3.56. The topological polar surface area (TPSA) is 58.5 Å². The summed E-state index contributed by atoms with van der Waals surface area (Å²) in [6.45, 7) is 5.92. The second kappa shape index (κ2) is 7.37. The van der Waals surface area contributed by atoms with Gasteiger partial charge in [-0.1, -0.05) is 18.2 Å². The SMILES string of the molecule is Cc1nc(SC[C@H](O)CN2CCOCC2)c2ccccc2n1. The Balaban J connectivity index is 1.63. The van der Waals surface area contributed by atoms with Crippen molar-refractivity contribution in [2.24, 2.45) is 0 Å². The van der Waals surface area contributed by atoms with Crippen molar-refractivity contribution in [3.05, 3.63) is 30.1 Å². The van der Waals surface area contributed by atoms with Crippen LogP contribution in [0.25, 0.3) is 10.9 Å². The first kappa shape index (κ1) is 15.7. The van der Waals surface area contributed by atoms with Crippen molar-refractivity contribution in [3.8, 4) is 0 Å². The summed E-state index contributed by atoms with van der Waals surface area (Å²) in [5, 5.41) is 12.3. The second-order valence-electron chi connectivity index (χ2n) is 5.47. The standard InChI is InChI=1S/C16H21N3O2S/c1-12-17-15-5-3-2-4-14(15)16(18-12)22-11-13(20)10-19-6-8-21-9-7-19/h2-5,13,20H,6-11H2,1H3/t13-/m1/s1. The number of thioether (sulfide) groups is 1. The van der Waals surface area contributed by atoms with E-state index in [0.29, 0.717) is 12.3 Å². The maximum Gasteiger partial charge on any atom is 0.127 e. The fraction of sp³-hybridized carbons (Fsp3) is 0.500. The number of aromatic nitrogens is 2. The Kier molecular flexibility index (Phi) is 5.25. The summed E-state index contributed by atoms with van der Waals surface area (Å²) < 4.78 is 5.33. The fourth-order valence-electron chi connectivity index (χ4n) is 2.58. The van der Waals surface area contributed by atoms with Crippen LogP contribution in [0.15, 0.2) is 29.3 Å². The lowest BCUT2D eigenvalue weighted by Crippen LogP contribution is -2.41. The van der Waals surface area contributed by atoms with Crippen molar-refractivity contribution >= 4 is 22.7 Å². The lowest BCUT2D eigenvalue weighted by Gasteiger charge is -2.28. The first-order valence-corrected chi connectivity index (χ1v) is 8.55. The van der Waals surface area contributed by atoms with Gasteiger partial charge in [-0.25, -0.2) is 9.97 Å². The Hall–Kier alpha value is -1.21. The number of ether oxygens (including phenoxy) is 1. The second-order valence-corrected chi connectivity index (χ2v) is 6.48. The number of aliphatic hydroxyl groups excluding tert-OH is 1. The van der Waals surface area contributed by atoms with Crippen LogP contribution in [0.1, 0.15) is 5.82 Å². The summed E-state index contributed by atoms with van der Waals surface area (Å²) in [6.07, 6.45) is -0.364. The van der Waals surface area contributed by atoms with Gasteiger partial charge in [0.1, 0.15) is 10.9 Å². The van der Waals surface area contributed by atoms with Gasteiger partial charge < -0.3 is 9.84 Å². The van der Waals surface area contributed by atoms with Gasteiger partial charge >= 0.3 is 0 Å². The predicted octanol–water partition coefficient (Wildman–Crippen LogP) is 1.72. The number of para-hydroxylation sites is 1. The molecule has 1 aliphatic heterocycles. The largest absolute Gasteiger partial charge is 0.391 e. The molecule has 2 heterocycles. The monoisotopic (exact) mass is 319 g/mol. The van der Waals surface area contributed by atoms with Crippen LogP contribution >= 0.6 is 11.8 Å². The Labute approximate surface area is 134 Å². The highest BCUT2D eigenvalue weighted by Crippen LogP contribution is 2.25. The molecule has 6 heteroatoms. The normalized spacial score (nSPS) is 17.7. The maximum absolute atomic E-state index is 10.3. The lowest BCUT2D eigenvalue weighted by atomic mass is 10.2. The summed E-state index contributed by atoms with van der Waals surface area (Å²) in [4.78, 5) is 11.2.